The van der Waals surface area contributed by atoms with Crippen LogP contribution in [-0.2, 0) is 0 Å². The average Bonchev–Trinajstić information content (AvgIpc) is 2.38. The highest BCUT2D eigenvalue weighted by Gasteiger charge is 2.13. The molecule has 19 heavy (non-hydrogen) atoms. The molecule has 0 radical (unpaired) electrons. The van der Waals surface area contributed by atoms with Gasteiger partial charge in [0.1, 0.15) is 11.9 Å². The van der Waals surface area contributed by atoms with Gasteiger partial charge in [-0.25, -0.2) is 4.98 Å². The van der Waals surface area contributed by atoms with Crippen molar-refractivity contribution in [3.8, 4) is 0 Å². The third kappa shape index (κ3) is 3.32. The molecule has 1 atom stereocenters. The van der Waals surface area contributed by atoms with Crippen molar-refractivity contribution in [1.82, 2.24) is 4.98 Å². The summed E-state index contributed by atoms with van der Waals surface area (Å²) >= 11 is 0. The molecule has 0 bridgehead atoms. The molecule has 3 heteroatoms. The van der Waals surface area contributed by atoms with Crippen LogP contribution in [0.4, 0.5) is 5.82 Å². The molecular weight excluding hydrogens is 236 g/mol. The fourth-order valence-corrected chi connectivity index (χ4v) is 2.05. The Balaban J connectivity index is 2.26. The molecule has 0 unspecified atom stereocenters. The zero-order valence-electron chi connectivity index (χ0n) is 11.6. The Bertz CT molecular complexity index is 538. The number of benzene rings is 1. The van der Waals surface area contributed by atoms with Crippen LogP contribution in [0.3, 0.4) is 0 Å². The number of rotatable bonds is 4. The van der Waals surface area contributed by atoms with Gasteiger partial charge in [0.2, 0.25) is 0 Å². The van der Waals surface area contributed by atoms with Crippen molar-refractivity contribution < 1.29 is 5.11 Å². The normalized spacial score (nSPS) is 12.5. The molecule has 100 valence electrons. The molecule has 1 heterocycles. The van der Waals surface area contributed by atoms with Crippen molar-refractivity contribution >= 4 is 5.82 Å². The van der Waals surface area contributed by atoms with Crippen molar-refractivity contribution in [2.45, 2.75) is 32.9 Å². The Morgan fingerprint density at radius 3 is 2.32 bits per heavy atom. The van der Waals surface area contributed by atoms with Crippen molar-refractivity contribution in [2.75, 3.05) is 5.32 Å². The van der Waals surface area contributed by atoms with E-state index in [0.29, 0.717) is 6.04 Å². The molecule has 0 aliphatic carbocycles. The minimum atomic E-state index is -0.623. The SMILES string of the molecule is Cc1nc(NC(C)C)ccc1[C@@H](O)c1ccccc1. The molecule has 1 aromatic carbocycles. The number of nitrogens with zero attached hydrogens (tertiary/aromatic N) is 1. The smallest absolute Gasteiger partial charge is 0.126 e. The minimum absolute atomic E-state index is 0.344. The maximum absolute atomic E-state index is 10.4. The van der Waals surface area contributed by atoms with Gasteiger partial charge in [-0.05, 0) is 32.4 Å². The summed E-state index contributed by atoms with van der Waals surface area (Å²) in [5.74, 6) is 0.844. The second-order valence-electron chi connectivity index (χ2n) is 4.98. The Labute approximate surface area is 114 Å². The quantitative estimate of drug-likeness (QED) is 0.882. The molecule has 0 saturated heterocycles. The van der Waals surface area contributed by atoms with E-state index < -0.39 is 6.10 Å². The predicted molar refractivity (Wildman–Crippen MR) is 78.2 cm³/mol. The maximum Gasteiger partial charge on any atom is 0.126 e. The predicted octanol–water partition coefficient (Wildman–Crippen LogP) is 3.29. The zero-order valence-corrected chi connectivity index (χ0v) is 11.6. The van der Waals surface area contributed by atoms with Crippen molar-refractivity contribution in [2.24, 2.45) is 0 Å². The van der Waals surface area contributed by atoms with Gasteiger partial charge in [0.15, 0.2) is 0 Å². The molecule has 0 spiro atoms. The Kier molecular flexibility index (Phi) is 4.17. The van der Waals surface area contributed by atoms with E-state index in [4.69, 9.17) is 0 Å². The van der Waals surface area contributed by atoms with Crippen molar-refractivity contribution in [3.63, 3.8) is 0 Å². The largest absolute Gasteiger partial charge is 0.384 e. The van der Waals surface area contributed by atoms with Crippen molar-refractivity contribution in [1.29, 1.82) is 0 Å². The molecule has 0 saturated carbocycles. The summed E-state index contributed by atoms with van der Waals surface area (Å²) in [6.45, 7) is 6.07. The molecule has 0 aliphatic heterocycles. The van der Waals surface area contributed by atoms with Crippen LogP contribution in [0.5, 0.6) is 0 Å². The van der Waals surface area contributed by atoms with Gasteiger partial charge >= 0.3 is 0 Å². The molecule has 0 aliphatic rings. The summed E-state index contributed by atoms with van der Waals surface area (Å²) in [4.78, 5) is 4.49. The Morgan fingerprint density at radius 1 is 1.05 bits per heavy atom. The van der Waals surface area contributed by atoms with E-state index in [1.807, 2.05) is 49.4 Å². The highest BCUT2D eigenvalue weighted by atomic mass is 16.3. The minimum Gasteiger partial charge on any atom is -0.384 e. The lowest BCUT2D eigenvalue weighted by Crippen LogP contribution is -2.12. The topological polar surface area (TPSA) is 45.2 Å². The van der Waals surface area contributed by atoms with Crippen LogP contribution in [-0.4, -0.2) is 16.1 Å². The second kappa shape index (κ2) is 5.85. The highest BCUT2D eigenvalue weighted by Crippen LogP contribution is 2.24. The van der Waals surface area contributed by atoms with Crippen LogP contribution in [0.25, 0.3) is 0 Å². The summed E-state index contributed by atoms with van der Waals surface area (Å²) < 4.78 is 0. The number of pyridine rings is 1. The molecule has 3 nitrogen and oxygen atoms in total. The molecule has 0 fully saturated rings. The summed E-state index contributed by atoms with van der Waals surface area (Å²) in [6.07, 6.45) is -0.623. The fourth-order valence-electron chi connectivity index (χ4n) is 2.05. The second-order valence-corrected chi connectivity index (χ2v) is 4.98. The van der Waals surface area contributed by atoms with Gasteiger partial charge in [0.25, 0.3) is 0 Å². The molecule has 2 rings (SSSR count). The van der Waals surface area contributed by atoms with E-state index in [-0.39, 0.29) is 0 Å². The van der Waals surface area contributed by atoms with Crippen LogP contribution in [0, 0.1) is 6.92 Å². The number of aromatic nitrogens is 1. The fraction of sp³-hybridized carbons (Fsp3) is 0.312. The lowest BCUT2D eigenvalue weighted by atomic mass is 10.0. The van der Waals surface area contributed by atoms with Crippen molar-refractivity contribution in [3.05, 3.63) is 59.3 Å². The highest BCUT2D eigenvalue weighted by molar-refractivity contribution is 5.42. The Hall–Kier alpha value is -1.87. The maximum atomic E-state index is 10.4. The summed E-state index contributed by atoms with van der Waals surface area (Å²) in [6, 6.07) is 13.8. The van der Waals surface area contributed by atoms with E-state index in [1.165, 1.54) is 0 Å². The first-order valence-electron chi connectivity index (χ1n) is 6.55. The van der Waals surface area contributed by atoms with Crippen LogP contribution in [0.2, 0.25) is 0 Å². The van der Waals surface area contributed by atoms with Crippen LogP contribution in [0.1, 0.15) is 36.8 Å². The van der Waals surface area contributed by atoms with Gasteiger partial charge in [0.05, 0.1) is 0 Å². The first kappa shape index (κ1) is 13.6. The first-order chi connectivity index (χ1) is 9.08. The van der Waals surface area contributed by atoms with E-state index in [2.05, 4.69) is 24.1 Å². The standard InChI is InChI=1S/C16H20N2O/c1-11(2)17-15-10-9-14(12(3)18-15)16(19)13-7-5-4-6-8-13/h4-11,16,19H,1-3H3,(H,17,18)/t16-/m0/s1. The van der Waals surface area contributed by atoms with Crippen LogP contribution in [0.15, 0.2) is 42.5 Å². The van der Waals surface area contributed by atoms with Gasteiger partial charge in [-0.1, -0.05) is 36.4 Å². The van der Waals surface area contributed by atoms with Crippen LogP contribution >= 0.6 is 0 Å². The van der Waals surface area contributed by atoms with Crippen LogP contribution < -0.4 is 5.32 Å². The average molecular weight is 256 g/mol. The number of anilines is 1. The monoisotopic (exact) mass is 256 g/mol. The van der Waals surface area contributed by atoms with Gasteiger partial charge in [-0.2, -0.15) is 0 Å². The summed E-state index contributed by atoms with van der Waals surface area (Å²) in [7, 11) is 0. The number of aliphatic hydroxyl groups is 1. The van der Waals surface area contributed by atoms with Gasteiger partial charge in [-0.15, -0.1) is 0 Å². The molecule has 1 aromatic heterocycles. The molecule has 2 N–H and O–H groups in total. The summed E-state index contributed by atoms with van der Waals surface area (Å²) in [5.41, 5.74) is 2.58. The number of aryl methyl sites for hydroxylation is 1. The lowest BCUT2D eigenvalue weighted by molar-refractivity contribution is 0.219. The van der Waals surface area contributed by atoms with Gasteiger partial charge in [0, 0.05) is 17.3 Å². The Morgan fingerprint density at radius 2 is 1.74 bits per heavy atom. The summed E-state index contributed by atoms with van der Waals surface area (Å²) in [5, 5.41) is 13.6. The first-order valence-corrected chi connectivity index (χ1v) is 6.55. The number of aliphatic hydroxyl groups excluding tert-OH is 1. The number of hydrogen-bond donors (Lipinski definition) is 2. The van der Waals surface area contributed by atoms with E-state index >= 15 is 0 Å². The third-order valence-corrected chi connectivity index (χ3v) is 2.97. The molecular formula is C16H20N2O. The number of hydrogen-bond acceptors (Lipinski definition) is 3. The van der Waals surface area contributed by atoms with E-state index in [0.717, 1.165) is 22.6 Å². The van der Waals surface area contributed by atoms with E-state index in [1.54, 1.807) is 0 Å². The van der Waals surface area contributed by atoms with Gasteiger partial charge < -0.3 is 10.4 Å². The van der Waals surface area contributed by atoms with Gasteiger partial charge in [-0.3, -0.25) is 0 Å². The van der Waals surface area contributed by atoms with E-state index in [9.17, 15) is 5.11 Å². The number of nitrogens with one attached hydrogen (secondary N) is 1. The molecule has 0 amide bonds. The molecule has 2 aromatic rings. The zero-order chi connectivity index (χ0) is 13.8. The third-order valence-electron chi connectivity index (χ3n) is 2.97. The lowest BCUT2D eigenvalue weighted by Gasteiger charge is -2.16.